The van der Waals surface area contributed by atoms with Crippen molar-refractivity contribution in [1.29, 1.82) is 0 Å². The van der Waals surface area contributed by atoms with E-state index in [0.29, 0.717) is 11.5 Å². The van der Waals surface area contributed by atoms with Crippen LogP contribution in [0.1, 0.15) is 32.8 Å². The Bertz CT molecular complexity index is 505. The molecule has 0 bridgehead atoms. The monoisotopic (exact) mass is 294 g/mol. The predicted octanol–water partition coefficient (Wildman–Crippen LogP) is 3.38. The van der Waals surface area contributed by atoms with Crippen molar-refractivity contribution in [3.63, 3.8) is 0 Å². The smallest absolute Gasteiger partial charge is 0.365 e. The molecule has 0 aliphatic rings. The number of hydrogen-bond donors (Lipinski definition) is 0. The first-order valence-electron chi connectivity index (χ1n) is 6.71. The molecular formula is C16H22O5. The zero-order valence-electron chi connectivity index (χ0n) is 13.1. The van der Waals surface area contributed by atoms with Crippen molar-refractivity contribution >= 4 is 12.0 Å². The van der Waals surface area contributed by atoms with Gasteiger partial charge in [0, 0.05) is 6.08 Å². The number of carbonyl (C=O) groups excluding carboxylic acids is 1. The van der Waals surface area contributed by atoms with Gasteiger partial charge in [-0.2, -0.15) is 4.89 Å². The molecule has 5 nitrogen and oxygen atoms in total. The quantitative estimate of drug-likeness (QED) is 0.438. The summed E-state index contributed by atoms with van der Waals surface area (Å²) in [5.74, 6) is 0.660. The zero-order valence-corrected chi connectivity index (χ0v) is 13.1. The Kier molecular flexibility index (Phi) is 6.24. The largest absolute Gasteiger partial charge is 0.493 e. The van der Waals surface area contributed by atoms with E-state index >= 15 is 0 Å². The summed E-state index contributed by atoms with van der Waals surface area (Å²) in [5, 5.41) is 0. The van der Waals surface area contributed by atoms with Crippen molar-refractivity contribution in [2.75, 3.05) is 14.2 Å². The minimum absolute atomic E-state index is 0.493. The van der Waals surface area contributed by atoms with E-state index in [-0.39, 0.29) is 0 Å². The standard InChI is InChI=1S/C16H22O5/c1-6-16(2,3)21-20-15(17)10-8-12-7-9-13(18-4)14(11-12)19-5/h7-11H,6H2,1-5H3/b10-8+. The van der Waals surface area contributed by atoms with Crippen molar-refractivity contribution in [2.45, 2.75) is 32.8 Å². The molecule has 0 aliphatic carbocycles. The fraction of sp³-hybridized carbons (Fsp3) is 0.438. The van der Waals surface area contributed by atoms with Crippen molar-refractivity contribution < 1.29 is 24.0 Å². The molecule has 0 saturated carbocycles. The van der Waals surface area contributed by atoms with Gasteiger partial charge in [0.1, 0.15) is 5.60 Å². The Morgan fingerprint density at radius 2 is 1.86 bits per heavy atom. The second kappa shape index (κ2) is 7.69. The van der Waals surface area contributed by atoms with Gasteiger partial charge in [0.2, 0.25) is 0 Å². The topological polar surface area (TPSA) is 54.0 Å². The fourth-order valence-corrected chi connectivity index (χ4v) is 1.36. The number of hydrogen-bond acceptors (Lipinski definition) is 5. The van der Waals surface area contributed by atoms with E-state index in [4.69, 9.17) is 19.2 Å². The van der Waals surface area contributed by atoms with E-state index in [2.05, 4.69) is 0 Å². The highest BCUT2D eigenvalue weighted by atomic mass is 17.2. The van der Waals surface area contributed by atoms with Crippen molar-refractivity contribution in [3.8, 4) is 11.5 Å². The summed E-state index contributed by atoms with van der Waals surface area (Å²) in [6.07, 6.45) is 3.65. The molecule has 21 heavy (non-hydrogen) atoms. The Labute approximate surface area is 125 Å². The number of rotatable bonds is 7. The van der Waals surface area contributed by atoms with E-state index in [1.165, 1.54) is 6.08 Å². The van der Waals surface area contributed by atoms with Gasteiger partial charge >= 0.3 is 5.97 Å². The van der Waals surface area contributed by atoms with Gasteiger partial charge in [-0.05, 0) is 44.0 Å². The molecule has 5 heteroatoms. The lowest BCUT2D eigenvalue weighted by atomic mass is 10.1. The van der Waals surface area contributed by atoms with E-state index in [9.17, 15) is 4.79 Å². The summed E-state index contributed by atoms with van der Waals surface area (Å²) in [5.41, 5.74) is 0.298. The number of methoxy groups -OCH3 is 2. The van der Waals surface area contributed by atoms with Crippen LogP contribution in [0.15, 0.2) is 24.3 Å². The molecule has 0 heterocycles. The molecule has 116 valence electrons. The van der Waals surface area contributed by atoms with Gasteiger partial charge < -0.3 is 9.47 Å². The van der Waals surface area contributed by atoms with Crippen LogP contribution in [0.2, 0.25) is 0 Å². The normalized spacial score (nSPS) is 11.5. The second-order valence-corrected chi connectivity index (χ2v) is 5.05. The van der Waals surface area contributed by atoms with Crippen molar-refractivity contribution in [2.24, 2.45) is 0 Å². The maximum absolute atomic E-state index is 11.6. The molecule has 0 atom stereocenters. The Morgan fingerprint density at radius 1 is 1.19 bits per heavy atom. The van der Waals surface area contributed by atoms with Crippen molar-refractivity contribution in [1.82, 2.24) is 0 Å². The molecule has 0 N–H and O–H groups in total. The van der Waals surface area contributed by atoms with Gasteiger partial charge in [0.15, 0.2) is 11.5 Å². The highest BCUT2D eigenvalue weighted by Crippen LogP contribution is 2.27. The first-order valence-corrected chi connectivity index (χ1v) is 6.71. The van der Waals surface area contributed by atoms with Gasteiger partial charge in [-0.3, -0.25) is 4.89 Å². The summed E-state index contributed by atoms with van der Waals surface area (Å²) in [6.45, 7) is 5.64. The van der Waals surface area contributed by atoms with E-state index < -0.39 is 11.6 Å². The first-order chi connectivity index (χ1) is 9.91. The molecular weight excluding hydrogens is 272 g/mol. The van der Waals surface area contributed by atoms with Gasteiger partial charge in [-0.15, -0.1) is 0 Å². The number of ether oxygens (including phenoxy) is 2. The SMILES string of the molecule is CCC(C)(C)OOC(=O)/C=C/c1ccc(OC)c(OC)c1. The third-order valence-electron chi connectivity index (χ3n) is 3.02. The van der Waals surface area contributed by atoms with Crippen molar-refractivity contribution in [3.05, 3.63) is 29.8 Å². The molecule has 0 spiro atoms. The molecule has 0 saturated heterocycles. The van der Waals surface area contributed by atoms with E-state index in [1.54, 1.807) is 32.4 Å². The average Bonchev–Trinajstić information content (AvgIpc) is 2.50. The van der Waals surface area contributed by atoms with E-state index in [1.807, 2.05) is 26.8 Å². The summed E-state index contributed by atoms with van der Waals surface area (Å²) < 4.78 is 10.3. The van der Waals surface area contributed by atoms with Crippen LogP contribution in [-0.2, 0) is 14.6 Å². The first kappa shape index (κ1) is 17.0. The summed E-state index contributed by atoms with van der Waals surface area (Å²) in [7, 11) is 3.12. The lowest BCUT2D eigenvalue weighted by Gasteiger charge is -2.19. The predicted molar refractivity (Wildman–Crippen MR) is 80.1 cm³/mol. The molecule has 1 rings (SSSR count). The Morgan fingerprint density at radius 3 is 2.43 bits per heavy atom. The molecule has 0 aromatic heterocycles. The maximum atomic E-state index is 11.6. The zero-order chi connectivity index (χ0) is 15.9. The third kappa shape index (κ3) is 5.47. The molecule has 0 radical (unpaired) electrons. The lowest BCUT2D eigenvalue weighted by molar-refractivity contribution is -0.321. The Balaban J connectivity index is 2.66. The number of benzene rings is 1. The lowest BCUT2D eigenvalue weighted by Crippen LogP contribution is -2.24. The number of carbonyl (C=O) groups is 1. The highest BCUT2D eigenvalue weighted by Gasteiger charge is 2.18. The molecule has 0 amide bonds. The fourth-order valence-electron chi connectivity index (χ4n) is 1.36. The summed E-state index contributed by atoms with van der Waals surface area (Å²) >= 11 is 0. The average molecular weight is 294 g/mol. The van der Waals surface area contributed by atoms with Crippen LogP contribution in [0.4, 0.5) is 0 Å². The van der Waals surface area contributed by atoms with Crippen LogP contribution in [0.3, 0.4) is 0 Å². The maximum Gasteiger partial charge on any atom is 0.365 e. The summed E-state index contributed by atoms with van der Waals surface area (Å²) in [4.78, 5) is 21.4. The van der Waals surface area contributed by atoms with Gasteiger partial charge in [-0.1, -0.05) is 13.0 Å². The highest BCUT2D eigenvalue weighted by molar-refractivity contribution is 5.86. The van der Waals surface area contributed by atoms with Gasteiger partial charge in [0.25, 0.3) is 0 Å². The third-order valence-corrected chi connectivity index (χ3v) is 3.02. The van der Waals surface area contributed by atoms with Crippen LogP contribution >= 0.6 is 0 Å². The molecule has 0 unspecified atom stereocenters. The van der Waals surface area contributed by atoms with Crippen LogP contribution < -0.4 is 9.47 Å². The van der Waals surface area contributed by atoms with E-state index in [0.717, 1.165) is 12.0 Å². The van der Waals surface area contributed by atoms with Crippen LogP contribution in [0.25, 0.3) is 6.08 Å². The van der Waals surface area contributed by atoms with Crippen LogP contribution in [-0.4, -0.2) is 25.8 Å². The molecule has 0 fully saturated rings. The molecule has 0 aliphatic heterocycles. The van der Waals surface area contributed by atoms with Crippen LogP contribution in [0, 0.1) is 0 Å². The Hall–Kier alpha value is -2.01. The minimum Gasteiger partial charge on any atom is -0.493 e. The van der Waals surface area contributed by atoms with Gasteiger partial charge in [0.05, 0.1) is 14.2 Å². The molecule has 1 aromatic rings. The second-order valence-electron chi connectivity index (χ2n) is 5.05. The van der Waals surface area contributed by atoms with Crippen LogP contribution in [0.5, 0.6) is 11.5 Å². The minimum atomic E-state index is -0.564. The summed E-state index contributed by atoms with van der Waals surface area (Å²) in [6, 6.07) is 5.34. The molecule has 1 aromatic carbocycles. The van der Waals surface area contributed by atoms with Gasteiger partial charge in [-0.25, -0.2) is 4.79 Å².